The Labute approximate surface area is 201 Å². The van der Waals surface area contributed by atoms with Crippen molar-refractivity contribution in [1.29, 1.82) is 0 Å². The Balaban J connectivity index is 2.97. The molecule has 1 heterocycles. The maximum atomic E-state index is 13.7. The van der Waals surface area contributed by atoms with Crippen LogP contribution in [0.15, 0.2) is 23.0 Å². The van der Waals surface area contributed by atoms with Crippen molar-refractivity contribution < 1.29 is 19.4 Å². The van der Waals surface area contributed by atoms with Crippen molar-refractivity contribution in [3.8, 4) is 5.75 Å². The summed E-state index contributed by atoms with van der Waals surface area (Å²) in [6.45, 7) is 14.5. The second-order valence-corrected chi connectivity index (χ2v) is 10.1. The van der Waals surface area contributed by atoms with Crippen LogP contribution in [0.3, 0.4) is 0 Å². The van der Waals surface area contributed by atoms with E-state index in [4.69, 9.17) is 4.74 Å². The Morgan fingerprint density at radius 3 is 2.35 bits per heavy atom. The van der Waals surface area contributed by atoms with Crippen LogP contribution < -0.4 is 20.9 Å². The first-order valence-corrected chi connectivity index (χ1v) is 12.0. The van der Waals surface area contributed by atoms with Gasteiger partial charge in [0.05, 0.1) is 23.7 Å². The summed E-state index contributed by atoms with van der Waals surface area (Å²) in [4.78, 5) is 37.5. The number of aromatic nitrogens is 1. The van der Waals surface area contributed by atoms with Crippen molar-refractivity contribution in [2.24, 2.45) is 11.3 Å². The number of ether oxygens (including phenoxy) is 1. The van der Waals surface area contributed by atoms with E-state index in [-0.39, 0.29) is 17.4 Å². The van der Waals surface area contributed by atoms with E-state index in [1.165, 1.54) is 0 Å². The third kappa shape index (κ3) is 6.52. The number of carboxylic acid groups (broad SMARTS) is 1. The van der Waals surface area contributed by atoms with Crippen LogP contribution in [0.5, 0.6) is 5.75 Å². The highest BCUT2D eigenvalue weighted by molar-refractivity contribution is 5.96. The van der Waals surface area contributed by atoms with E-state index in [2.05, 4.69) is 17.6 Å². The van der Waals surface area contributed by atoms with Gasteiger partial charge in [0.2, 0.25) is 5.91 Å². The van der Waals surface area contributed by atoms with Gasteiger partial charge in [-0.1, -0.05) is 54.9 Å². The molecular formula is C26H39N3O5. The number of hydrogen-bond donors (Lipinski definition) is 3. The Bertz CT molecular complexity index is 1080. The fourth-order valence-corrected chi connectivity index (χ4v) is 3.88. The number of amides is 2. The second kappa shape index (κ2) is 11.4. The topological polar surface area (TPSA) is 110 Å². The van der Waals surface area contributed by atoms with Gasteiger partial charge in [0.15, 0.2) is 0 Å². The first-order valence-electron chi connectivity index (χ1n) is 12.0. The number of benzene rings is 1. The molecule has 0 radical (unpaired) electrons. The lowest BCUT2D eigenvalue weighted by Crippen LogP contribution is -2.40. The second-order valence-electron chi connectivity index (χ2n) is 10.1. The Morgan fingerprint density at radius 1 is 1.15 bits per heavy atom. The summed E-state index contributed by atoms with van der Waals surface area (Å²) in [6, 6.07) is 4.46. The number of nitrogens with zero attached hydrogens (tertiary/aromatic N) is 1. The molecule has 34 heavy (non-hydrogen) atoms. The minimum Gasteiger partial charge on any atom is -0.491 e. The van der Waals surface area contributed by atoms with Gasteiger partial charge < -0.3 is 25.0 Å². The van der Waals surface area contributed by atoms with Gasteiger partial charge in [-0.05, 0) is 36.0 Å². The predicted octanol–water partition coefficient (Wildman–Crippen LogP) is 5.54. The standard InChI is InChI=1S/C26H39N3O5/c1-8-10-13-34-22-19-14-17(27-20(30)9-2)11-12-18(19)24(31)29(15-16(3)4)21(22)23(26(5,6)7)28-25(32)33/h11-12,14,16,23,28H,8-10,13,15H2,1-7H3,(H,27,30)(H,32,33). The van der Waals surface area contributed by atoms with Crippen molar-refractivity contribution >= 4 is 28.5 Å². The summed E-state index contributed by atoms with van der Waals surface area (Å²) in [5, 5.41) is 16.2. The molecule has 1 aromatic carbocycles. The first-order chi connectivity index (χ1) is 15.9. The zero-order valence-electron chi connectivity index (χ0n) is 21.4. The fraction of sp³-hybridized carbons (Fsp3) is 0.577. The molecule has 2 aromatic rings. The average molecular weight is 474 g/mol. The van der Waals surface area contributed by atoms with Crippen LogP contribution in [-0.2, 0) is 11.3 Å². The number of fused-ring (bicyclic) bond motifs is 1. The molecule has 8 nitrogen and oxygen atoms in total. The first kappa shape index (κ1) is 27.2. The maximum absolute atomic E-state index is 13.7. The highest BCUT2D eigenvalue weighted by atomic mass is 16.5. The van der Waals surface area contributed by atoms with Crippen molar-refractivity contribution in [2.45, 2.75) is 80.3 Å². The number of hydrogen-bond acceptors (Lipinski definition) is 4. The van der Waals surface area contributed by atoms with Crippen molar-refractivity contribution in [1.82, 2.24) is 9.88 Å². The lowest BCUT2D eigenvalue weighted by atomic mass is 9.83. The molecule has 188 valence electrons. The summed E-state index contributed by atoms with van der Waals surface area (Å²) in [7, 11) is 0. The Morgan fingerprint density at radius 2 is 1.82 bits per heavy atom. The molecule has 0 saturated heterocycles. The van der Waals surface area contributed by atoms with Crippen LogP contribution in [-0.4, -0.2) is 28.3 Å². The molecule has 0 bridgehead atoms. The number of carbonyl (C=O) groups is 2. The lowest BCUT2D eigenvalue weighted by molar-refractivity contribution is -0.115. The van der Waals surface area contributed by atoms with Gasteiger partial charge in [-0.25, -0.2) is 4.79 Å². The molecule has 0 fully saturated rings. The zero-order chi connectivity index (χ0) is 25.6. The van der Waals surface area contributed by atoms with Crippen molar-refractivity contribution in [3.05, 3.63) is 34.2 Å². The van der Waals surface area contributed by atoms with E-state index in [1.807, 2.05) is 34.6 Å². The SMILES string of the molecule is CCCCOc1c(C(NC(=O)O)C(C)(C)C)n(CC(C)C)c(=O)c2ccc(NC(=O)CC)cc12. The minimum absolute atomic E-state index is 0.138. The van der Waals surface area contributed by atoms with E-state index in [0.29, 0.717) is 47.5 Å². The normalized spacial score (nSPS) is 12.6. The highest BCUT2D eigenvalue weighted by Gasteiger charge is 2.35. The van der Waals surface area contributed by atoms with Gasteiger partial charge >= 0.3 is 6.09 Å². The smallest absolute Gasteiger partial charge is 0.405 e. The van der Waals surface area contributed by atoms with Crippen LogP contribution in [0.25, 0.3) is 10.8 Å². The quantitative estimate of drug-likeness (QED) is 0.393. The van der Waals surface area contributed by atoms with E-state index in [9.17, 15) is 19.5 Å². The van der Waals surface area contributed by atoms with Crippen LogP contribution in [0.1, 0.15) is 79.5 Å². The van der Waals surface area contributed by atoms with Gasteiger partial charge in [0.25, 0.3) is 5.56 Å². The maximum Gasteiger partial charge on any atom is 0.405 e. The Hall–Kier alpha value is -3.03. The molecule has 0 spiro atoms. The molecule has 8 heteroatoms. The molecule has 0 aliphatic carbocycles. The number of rotatable bonds is 10. The summed E-state index contributed by atoms with van der Waals surface area (Å²) in [5.74, 6) is 0.484. The van der Waals surface area contributed by atoms with Crippen LogP contribution >= 0.6 is 0 Å². The summed E-state index contributed by atoms with van der Waals surface area (Å²) in [5.41, 5.74) is 0.311. The van der Waals surface area contributed by atoms with Gasteiger partial charge in [-0.3, -0.25) is 9.59 Å². The zero-order valence-corrected chi connectivity index (χ0v) is 21.4. The van der Waals surface area contributed by atoms with Crippen molar-refractivity contribution in [3.63, 3.8) is 0 Å². The molecule has 1 unspecified atom stereocenters. The van der Waals surface area contributed by atoms with E-state index in [0.717, 1.165) is 12.8 Å². The number of unbranched alkanes of at least 4 members (excludes halogenated alkanes) is 1. The molecule has 2 rings (SSSR count). The van der Waals surface area contributed by atoms with Crippen molar-refractivity contribution in [2.75, 3.05) is 11.9 Å². The monoisotopic (exact) mass is 473 g/mol. The molecular weight excluding hydrogens is 434 g/mol. The molecule has 2 amide bonds. The number of pyridine rings is 1. The average Bonchev–Trinajstić information content (AvgIpc) is 2.74. The third-order valence-corrected chi connectivity index (χ3v) is 5.57. The largest absolute Gasteiger partial charge is 0.491 e. The Kier molecular flexibility index (Phi) is 9.13. The molecule has 3 N–H and O–H groups in total. The van der Waals surface area contributed by atoms with Gasteiger partial charge in [0, 0.05) is 24.0 Å². The highest BCUT2D eigenvalue weighted by Crippen LogP contribution is 2.41. The third-order valence-electron chi connectivity index (χ3n) is 5.57. The number of anilines is 1. The van der Waals surface area contributed by atoms with Gasteiger partial charge in [0.1, 0.15) is 5.75 Å². The van der Waals surface area contributed by atoms with Gasteiger partial charge in [-0.2, -0.15) is 0 Å². The van der Waals surface area contributed by atoms with Crippen LogP contribution in [0, 0.1) is 11.3 Å². The summed E-state index contributed by atoms with van der Waals surface area (Å²) in [6.07, 6.45) is 0.885. The molecule has 1 atom stereocenters. The molecule has 0 saturated carbocycles. The van der Waals surface area contributed by atoms with E-state index < -0.39 is 17.6 Å². The molecule has 0 aliphatic heterocycles. The van der Waals surface area contributed by atoms with E-state index >= 15 is 0 Å². The van der Waals surface area contributed by atoms with Crippen LogP contribution in [0.2, 0.25) is 0 Å². The fourth-order valence-electron chi connectivity index (χ4n) is 3.88. The number of carbonyl (C=O) groups excluding carboxylic acids is 1. The predicted molar refractivity (Wildman–Crippen MR) is 136 cm³/mol. The molecule has 0 aliphatic rings. The summed E-state index contributed by atoms with van der Waals surface area (Å²) >= 11 is 0. The molecule has 1 aromatic heterocycles. The number of nitrogens with one attached hydrogen (secondary N) is 2. The van der Waals surface area contributed by atoms with E-state index in [1.54, 1.807) is 29.7 Å². The van der Waals surface area contributed by atoms with Crippen LogP contribution in [0.4, 0.5) is 10.5 Å². The summed E-state index contributed by atoms with van der Waals surface area (Å²) < 4.78 is 7.96. The minimum atomic E-state index is -1.17. The van der Waals surface area contributed by atoms with Gasteiger partial charge in [-0.15, -0.1) is 0 Å². The lowest BCUT2D eigenvalue weighted by Gasteiger charge is -2.34.